The van der Waals surface area contributed by atoms with Crippen molar-refractivity contribution in [3.8, 4) is 0 Å². The largest absolute Gasteiger partial charge is 0.370 e. The van der Waals surface area contributed by atoms with Crippen molar-refractivity contribution in [2.24, 2.45) is 22.2 Å². The van der Waals surface area contributed by atoms with Crippen molar-refractivity contribution in [2.75, 3.05) is 19.6 Å². The molecule has 246 valence electrons. The van der Waals surface area contributed by atoms with E-state index in [9.17, 15) is 19.2 Å². The number of Topliss-reactive ketones (excluding diaryl/α,β-unsaturated/α-hetero) is 1. The van der Waals surface area contributed by atoms with Crippen LogP contribution in [-0.2, 0) is 32.0 Å². The molecule has 0 unspecified atom stereocenters. The quantitative estimate of drug-likeness (QED) is 0.0597. The summed E-state index contributed by atoms with van der Waals surface area (Å²) in [7, 11) is 0. The number of aliphatic imine (C=N–C) groups is 1. The van der Waals surface area contributed by atoms with Gasteiger partial charge in [-0.3, -0.25) is 24.2 Å². The predicted molar refractivity (Wildman–Crippen MR) is 177 cm³/mol. The highest BCUT2D eigenvalue weighted by Crippen LogP contribution is 2.09. The smallest absolute Gasteiger partial charge is 0.243 e. The minimum Gasteiger partial charge on any atom is -0.370 e. The van der Waals surface area contributed by atoms with Crippen molar-refractivity contribution in [3.05, 3.63) is 71.8 Å². The molecule has 2 aromatic carbocycles. The van der Waals surface area contributed by atoms with Gasteiger partial charge in [-0.25, -0.2) is 0 Å². The molecule has 0 spiro atoms. The first-order chi connectivity index (χ1) is 21.6. The number of amides is 3. The summed E-state index contributed by atoms with van der Waals surface area (Å²) < 4.78 is 0. The lowest BCUT2D eigenvalue weighted by Crippen LogP contribution is -2.58. The molecule has 12 nitrogen and oxygen atoms in total. The number of carbonyl (C=O) groups is 4. The third kappa shape index (κ3) is 14.4. The zero-order chi connectivity index (χ0) is 33.0. The SMILES string of the molecule is CCCC[C@@H](NC(=O)[C@@H](Cc1ccccc1)NC(=O)[C@H](N)Cc1ccccc1)C(=O)N[C@H](CCCN=C(N)N)C(=O)CNCC. The minimum absolute atomic E-state index is 0.0462. The van der Waals surface area contributed by atoms with Crippen molar-refractivity contribution in [2.45, 2.75) is 83.0 Å². The third-order valence-corrected chi connectivity index (χ3v) is 7.23. The number of nitrogens with two attached hydrogens (primary N) is 3. The van der Waals surface area contributed by atoms with E-state index in [2.05, 4.69) is 26.3 Å². The monoisotopic (exact) mass is 622 g/mol. The Hall–Kier alpha value is -4.29. The number of ketones is 1. The molecule has 45 heavy (non-hydrogen) atoms. The molecule has 0 fully saturated rings. The summed E-state index contributed by atoms with van der Waals surface area (Å²) in [5.41, 5.74) is 18.8. The number of guanidine groups is 1. The molecule has 3 amide bonds. The Morgan fingerprint density at radius 1 is 0.711 bits per heavy atom. The summed E-state index contributed by atoms with van der Waals surface area (Å²) in [5.74, 6) is -1.69. The van der Waals surface area contributed by atoms with Crippen molar-refractivity contribution >= 4 is 29.5 Å². The number of carbonyl (C=O) groups excluding carboxylic acids is 4. The van der Waals surface area contributed by atoms with Crippen LogP contribution in [0.15, 0.2) is 65.7 Å². The molecule has 0 aliphatic carbocycles. The van der Waals surface area contributed by atoms with E-state index in [0.29, 0.717) is 45.2 Å². The first kappa shape index (κ1) is 36.9. The van der Waals surface area contributed by atoms with Gasteiger partial charge in [0, 0.05) is 13.0 Å². The maximum Gasteiger partial charge on any atom is 0.243 e. The Labute approximate surface area is 266 Å². The fraction of sp³-hybridized carbons (Fsp3) is 0.485. The van der Waals surface area contributed by atoms with Crippen LogP contribution in [0, 0.1) is 0 Å². The van der Waals surface area contributed by atoms with E-state index in [1.165, 1.54) is 0 Å². The van der Waals surface area contributed by atoms with Gasteiger partial charge in [-0.15, -0.1) is 0 Å². The van der Waals surface area contributed by atoms with Gasteiger partial charge in [0.15, 0.2) is 11.7 Å². The van der Waals surface area contributed by atoms with Crippen LogP contribution in [0.4, 0.5) is 0 Å². The molecule has 2 rings (SSSR count). The molecule has 0 heterocycles. The second-order valence-electron chi connectivity index (χ2n) is 11.0. The fourth-order valence-electron chi connectivity index (χ4n) is 4.71. The molecule has 0 saturated carbocycles. The van der Waals surface area contributed by atoms with E-state index in [-0.39, 0.29) is 24.7 Å². The lowest BCUT2D eigenvalue weighted by atomic mass is 10.0. The highest BCUT2D eigenvalue weighted by atomic mass is 16.2. The predicted octanol–water partition coefficient (Wildman–Crippen LogP) is 0.676. The van der Waals surface area contributed by atoms with Gasteiger partial charge in [0.25, 0.3) is 0 Å². The first-order valence-corrected chi connectivity index (χ1v) is 15.7. The van der Waals surface area contributed by atoms with E-state index >= 15 is 0 Å². The molecule has 2 aromatic rings. The molecule has 4 atom stereocenters. The van der Waals surface area contributed by atoms with Crippen LogP contribution >= 0.6 is 0 Å². The lowest BCUT2D eigenvalue weighted by Gasteiger charge is -2.26. The zero-order valence-corrected chi connectivity index (χ0v) is 26.5. The summed E-state index contributed by atoms with van der Waals surface area (Å²) in [5, 5.41) is 11.5. The van der Waals surface area contributed by atoms with Gasteiger partial charge in [0.05, 0.1) is 18.6 Å². The fourth-order valence-corrected chi connectivity index (χ4v) is 4.71. The Morgan fingerprint density at radius 3 is 1.82 bits per heavy atom. The second kappa shape index (κ2) is 20.6. The normalized spacial score (nSPS) is 13.5. The molecule has 0 radical (unpaired) electrons. The average molecular weight is 623 g/mol. The number of nitrogens with zero attached hydrogens (tertiary/aromatic N) is 1. The number of hydrogen-bond donors (Lipinski definition) is 7. The topological polar surface area (TPSA) is 207 Å². The summed E-state index contributed by atoms with van der Waals surface area (Å²) >= 11 is 0. The number of likely N-dealkylation sites (N-methyl/N-ethyl adjacent to an activating group) is 1. The molecule has 12 heteroatoms. The van der Waals surface area contributed by atoms with Crippen LogP contribution in [-0.4, -0.2) is 73.3 Å². The highest BCUT2D eigenvalue weighted by Gasteiger charge is 2.30. The van der Waals surface area contributed by atoms with Gasteiger partial charge in [0.1, 0.15) is 12.1 Å². The molecule has 0 aromatic heterocycles. The van der Waals surface area contributed by atoms with E-state index in [0.717, 1.165) is 17.5 Å². The molecular formula is C33H50N8O4. The standard InChI is InChI=1S/C33H50N8O4/c1-3-5-17-27(31(44)39-26(29(42)22-37-4-2)18-12-19-38-33(35)36)40-32(45)28(21-24-15-10-7-11-16-24)41-30(43)25(34)20-23-13-8-6-9-14-23/h6-11,13-16,25-28,37H,3-5,12,17-22,34H2,1-2H3,(H,39,44)(H,40,45)(H,41,43)(H4,35,36,38)/t25-,26-,27-,28-/m1/s1. The first-order valence-electron chi connectivity index (χ1n) is 15.7. The molecular weight excluding hydrogens is 572 g/mol. The van der Waals surface area contributed by atoms with E-state index < -0.39 is 41.9 Å². The van der Waals surface area contributed by atoms with Crippen LogP contribution < -0.4 is 38.5 Å². The number of nitrogens with one attached hydrogen (secondary N) is 4. The minimum atomic E-state index is -0.982. The molecule has 0 saturated heterocycles. The number of hydrogen-bond acceptors (Lipinski definition) is 7. The van der Waals surface area contributed by atoms with Crippen molar-refractivity contribution in [1.29, 1.82) is 0 Å². The van der Waals surface area contributed by atoms with Crippen molar-refractivity contribution in [1.82, 2.24) is 21.3 Å². The zero-order valence-electron chi connectivity index (χ0n) is 26.5. The van der Waals surface area contributed by atoms with E-state index in [1.807, 2.05) is 74.5 Å². The number of rotatable bonds is 21. The van der Waals surface area contributed by atoms with Gasteiger partial charge < -0.3 is 38.5 Å². The van der Waals surface area contributed by atoms with E-state index in [1.54, 1.807) is 0 Å². The summed E-state index contributed by atoms with van der Waals surface area (Å²) in [6.45, 7) is 4.86. The van der Waals surface area contributed by atoms with Crippen LogP contribution in [0.2, 0.25) is 0 Å². The van der Waals surface area contributed by atoms with Gasteiger partial charge in [-0.1, -0.05) is 87.4 Å². The number of benzene rings is 2. The second-order valence-corrected chi connectivity index (χ2v) is 11.0. The lowest BCUT2D eigenvalue weighted by molar-refractivity contribution is -0.133. The third-order valence-electron chi connectivity index (χ3n) is 7.23. The van der Waals surface area contributed by atoms with Crippen LogP contribution in [0.3, 0.4) is 0 Å². The van der Waals surface area contributed by atoms with Crippen molar-refractivity contribution < 1.29 is 19.2 Å². The highest BCUT2D eigenvalue weighted by molar-refractivity contribution is 5.95. The van der Waals surface area contributed by atoms with Gasteiger partial charge in [0.2, 0.25) is 17.7 Å². The average Bonchev–Trinajstić information content (AvgIpc) is 3.03. The maximum absolute atomic E-state index is 13.7. The summed E-state index contributed by atoms with van der Waals surface area (Å²) in [4.78, 5) is 57.3. The molecule has 10 N–H and O–H groups in total. The van der Waals surface area contributed by atoms with Gasteiger partial charge in [-0.2, -0.15) is 0 Å². The summed E-state index contributed by atoms with van der Waals surface area (Å²) in [6.07, 6.45) is 3.12. The molecule has 0 bridgehead atoms. The molecule has 0 aliphatic rings. The Kier molecular flexibility index (Phi) is 16.9. The Morgan fingerprint density at radius 2 is 1.24 bits per heavy atom. The van der Waals surface area contributed by atoms with Crippen LogP contribution in [0.5, 0.6) is 0 Å². The Balaban J connectivity index is 2.20. The summed E-state index contributed by atoms with van der Waals surface area (Å²) in [6, 6.07) is 15.1. The van der Waals surface area contributed by atoms with Crippen molar-refractivity contribution in [3.63, 3.8) is 0 Å². The van der Waals surface area contributed by atoms with Gasteiger partial charge >= 0.3 is 0 Å². The van der Waals surface area contributed by atoms with E-state index in [4.69, 9.17) is 17.2 Å². The molecule has 0 aliphatic heterocycles. The number of unbranched alkanes of at least 4 members (excludes halogenated alkanes) is 1. The van der Waals surface area contributed by atoms with Gasteiger partial charge in [-0.05, 0) is 43.4 Å². The van der Waals surface area contributed by atoms with Crippen LogP contribution in [0.1, 0.15) is 57.1 Å². The Bertz CT molecular complexity index is 1220. The van der Waals surface area contributed by atoms with Crippen LogP contribution in [0.25, 0.3) is 0 Å². The maximum atomic E-state index is 13.7.